The minimum atomic E-state index is -0.911. The number of rotatable bonds is 5. The summed E-state index contributed by atoms with van der Waals surface area (Å²) in [6, 6.07) is 3.62. The predicted octanol–water partition coefficient (Wildman–Crippen LogP) is 2.73. The topological polar surface area (TPSA) is 67.9 Å². The fraction of sp³-hybridized carbons (Fsp3) is 0.308. The van der Waals surface area contributed by atoms with E-state index in [1.165, 1.54) is 6.07 Å². The maximum Gasteiger partial charge on any atom is 0.231 e. The third-order valence-corrected chi connectivity index (χ3v) is 3.62. The zero-order valence-electron chi connectivity index (χ0n) is 11.7. The van der Waals surface area contributed by atoms with Gasteiger partial charge in [0.25, 0.3) is 0 Å². The molecule has 0 saturated carbocycles. The van der Waals surface area contributed by atoms with Crippen LogP contribution < -0.4 is 10.6 Å². The number of aromatic nitrogens is 3. The van der Waals surface area contributed by atoms with E-state index in [4.69, 9.17) is 5.73 Å². The second-order valence-electron chi connectivity index (χ2n) is 4.13. The van der Waals surface area contributed by atoms with Crippen molar-refractivity contribution < 1.29 is 8.78 Å². The van der Waals surface area contributed by atoms with Gasteiger partial charge in [-0.3, -0.25) is 0 Å². The van der Waals surface area contributed by atoms with E-state index in [1.807, 2.05) is 18.7 Å². The summed E-state index contributed by atoms with van der Waals surface area (Å²) in [5, 5.41) is 0.343. The molecule has 1 aromatic heterocycles. The highest BCUT2D eigenvalue weighted by atomic mass is 32.2. The number of hydrogen-bond donors (Lipinski definition) is 1. The fourth-order valence-electron chi connectivity index (χ4n) is 1.70. The van der Waals surface area contributed by atoms with E-state index < -0.39 is 11.6 Å². The van der Waals surface area contributed by atoms with Crippen LogP contribution >= 0.6 is 11.8 Å². The van der Waals surface area contributed by atoms with Gasteiger partial charge >= 0.3 is 0 Å². The Kier molecular flexibility index (Phi) is 4.89. The minimum Gasteiger partial charge on any atom is -0.368 e. The van der Waals surface area contributed by atoms with Crippen molar-refractivity contribution in [3.8, 4) is 0 Å². The molecule has 2 rings (SSSR count). The molecular formula is C13H15F2N5S. The standard InChI is InChI=1S/C13H15F2N5S/c1-3-20(4-2)12-17-11(16)18-13(19-12)21-8-5-6-9(14)10(15)7-8/h5-7H,3-4H2,1-2H3,(H2,16,17,18,19). The second kappa shape index (κ2) is 6.66. The zero-order chi connectivity index (χ0) is 15.4. The molecule has 0 amide bonds. The molecule has 2 aromatic rings. The Bertz CT molecular complexity index is 634. The van der Waals surface area contributed by atoms with Crippen LogP contribution in [-0.4, -0.2) is 28.0 Å². The first-order chi connectivity index (χ1) is 10.0. The molecule has 0 atom stereocenters. The molecule has 21 heavy (non-hydrogen) atoms. The molecule has 112 valence electrons. The quantitative estimate of drug-likeness (QED) is 0.916. The van der Waals surface area contributed by atoms with E-state index in [0.717, 1.165) is 37.0 Å². The third kappa shape index (κ3) is 3.78. The van der Waals surface area contributed by atoms with Gasteiger partial charge in [0.15, 0.2) is 16.8 Å². The van der Waals surface area contributed by atoms with Gasteiger partial charge in [0.05, 0.1) is 0 Å². The smallest absolute Gasteiger partial charge is 0.231 e. The molecule has 0 bridgehead atoms. The van der Waals surface area contributed by atoms with Gasteiger partial charge in [-0.25, -0.2) is 8.78 Å². The van der Waals surface area contributed by atoms with Crippen molar-refractivity contribution in [1.82, 2.24) is 15.0 Å². The normalized spacial score (nSPS) is 10.7. The molecule has 0 radical (unpaired) electrons. The van der Waals surface area contributed by atoms with Crippen LogP contribution in [0.4, 0.5) is 20.7 Å². The van der Waals surface area contributed by atoms with Crippen molar-refractivity contribution >= 4 is 23.7 Å². The van der Waals surface area contributed by atoms with Crippen LogP contribution in [0.15, 0.2) is 28.3 Å². The van der Waals surface area contributed by atoms with Crippen molar-refractivity contribution in [1.29, 1.82) is 0 Å². The molecule has 1 heterocycles. The van der Waals surface area contributed by atoms with Crippen molar-refractivity contribution in [2.24, 2.45) is 0 Å². The molecule has 0 aliphatic rings. The molecule has 0 unspecified atom stereocenters. The maximum atomic E-state index is 13.2. The summed E-state index contributed by atoms with van der Waals surface area (Å²) >= 11 is 1.10. The van der Waals surface area contributed by atoms with Gasteiger partial charge in [0, 0.05) is 18.0 Å². The maximum absolute atomic E-state index is 13.2. The van der Waals surface area contributed by atoms with Gasteiger partial charge in [0.2, 0.25) is 11.9 Å². The lowest BCUT2D eigenvalue weighted by atomic mass is 10.3. The number of benzene rings is 1. The number of halogens is 2. The van der Waals surface area contributed by atoms with Crippen molar-refractivity contribution in [2.75, 3.05) is 23.7 Å². The molecule has 8 heteroatoms. The lowest BCUT2D eigenvalue weighted by Gasteiger charge is -2.18. The number of nitrogens with two attached hydrogens (primary N) is 1. The van der Waals surface area contributed by atoms with Crippen LogP contribution in [0.5, 0.6) is 0 Å². The molecule has 0 aliphatic carbocycles. The average molecular weight is 311 g/mol. The molecule has 0 saturated heterocycles. The summed E-state index contributed by atoms with van der Waals surface area (Å²) in [7, 11) is 0. The zero-order valence-corrected chi connectivity index (χ0v) is 12.5. The lowest BCUT2D eigenvalue weighted by Crippen LogP contribution is -2.25. The highest BCUT2D eigenvalue weighted by molar-refractivity contribution is 7.99. The molecule has 5 nitrogen and oxygen atoms in total. The predicted molar refractivity (Wildman–Crippen MR) is 78.3 cm³/mol. The average Bonchev–Trinajstić information content (AvgIpc) is 2.44. The summed E-state index contributed by atoms with van der Waals surface area (Å²) < 4.78 is 26.1. The monoisotopic (exact) mass is 311 g/mol. The van der Waals surface area contributed by atoms with Crippen LogP contribution in [-0.2, 0) is 0 Å². The van der Waals surface area contributed by atoms with Crippen LogP contribution in [0.2, 0.25) is 0 Å². The second-order valence-corrected chi connectivity index (χ2v) is 5.17. The fourth-order valence-corrected chi connectivity index (χ4v) is 2.48. The molecule has 0 aliphatic heterocycles. The van der Waals surface area contributed by atoms with E-state index in [9.17, 15) is 8.78 Å². The number of nitrogens with zero attached hydrogens (tertiary/aromatic N) is 4. The van der Waals surface area contributed by atoms with E-state index in [2.05, 4.69) is 15.0 Å². The Labute approximate surface area is 125 Å². The van der Waals surface area contributed by atoms with E-state index >= 15 is 0 Å². The first kappa shape index (κ1) is 15.4. The summed E-state index contributed by atoms with van der Waals surface area (Å²) in [6.07, 6.45) is 0. The van der Waals surface area contributed by atoms with Crippen LogP contribution in [0, 0.1) is 11.6 Å². The summed E-state index contributed by atoms with van der Waals surface area (Å²) in [5.74, 6) is -1.24. The lowest BCUT2D eigenvalue weighted by molar-refractivity contribution is 0.506. The van der Waals surface area contributed by atoms with E-state index in [1.54, 1.807) is 0 Å². The Morgan fingerprint density at radius 2 is 1.81 bits per heavy atom. The number of hydrogen-bond acceptors (Lipinski definition) is 6. The van der Waals surface area contributed by atoms with Gasteiger partial charge in [-0.05, 0) is 43.8 Å². The highest BCUT2D eigenvalue weighted by Crippen LogP contribution is 2.27. The SMILES string of the molecule is CCN(CC)c1nc(N)nc(Sc2ccc(F)c(F)c2)n1. The Morgan fingerprint density at radius 1 is 1.10 bits per heavy atom. The molecular weight excluding hydrogens is 296 g/mol. The first-order valence-electron chi connectivity index (χ1n) is 6.42. The number of nitrogen functional groups attached to an aromatic ring is 1. The number of anilines is 2. The molecule has 1 aromatic carbocycles. The Morgan fingerprint density at radius 3 is 2.43 bits per heavy atom. The first-order valence-corrected chi connectivity index (χ1v) is 7.24. The van der Waals surface area contributed by atoms with E-state index in [-0.39, 0.29) is 5.95 Å². The van der Waals surface area contributed by atoms with Crippen molar-refractivity contribution in [3.05, 3.63) is 29.8 Å². The minimum absolute atomic E-state index is 0.0944. The third-order valence-electron chi connectivity index (χ3n) is 2.77. The van der Waals surface area contributed by atoms with Crippen LogP contribution in [0.1, 0.15) is 13.8 Å². The molecule has 0 fully saturated rings. The largest absolute Gasteiger partial charge is 0.368 e. The molecule has 0 spiro atoms. The van der Waals surface area contributed by atoms with Crippen LogP contribution in [0.25, 0.3) is 0 Å². The Balaban J connectivity index is 2.29. The highest BCUT2D eigenvalue weighted by Gasteiger charge is 2.12. The van der Waals surface area contributed by atoms with Crippen molar-refractivity contribution in [3.63, 3.8) is 0 Å². The molecule has 2 N–H and O–H groups in total. The Hall–Kier alpha value is -1.96. The summed E-state index contributed by atoms with van der Waals surface area (Å²) in [5.41, 5.74) is 5.68. The summed E-state index contributed by atoms with van der Waals surface area (Å²) in [4.78, 5) is 14.8. The van der Waals surface area contributed by atoms with Crippen molar-refractivity contribution in [2.45, 2.75) is 23.9 Å². The van der Waals surface area contributed by atoms with Gasteiger partial charge in [-0.15, -0.1) is 0 Å². The van der Waals surface area contributed by atoms with Crippen LogP contribution in [0.3, 0.4) is 0 Å². The van der Waals surface area contributed by atoms with E-state index in [0.29, 0.717) is 16.0 Å². The van der Waals surface area contributed by atoms with Gasteiger partial charge in [0.1, 0.15) is 0 Å². The van der Waals surface area contributed by atoms with Gasteiger partial charge in [-0.2, -0.15) is 15.0 Å². The van der Waals surface area contributed by atoms with Gasteiger partial charge < -0.3 is 10.6 Å². The summed E-state index contributed by atoms with van der Waals surface area (Å²) in [6.45, 7) is 5.42. The van der Waals surface area contributed by atoms with Gasteiger partial charge in [-0.1, -0.05) is 0 Å².